The van der Waals surface area contributed by atoms with E-state index in [1.165, 1.54) is 0 Å². The van der Waals surface area contributed by atoms with E-state index < -0.39 is 0 Å². The summed E-state index contributed by atoms with van der Waals surface area (Å²) in [5, 5.41) is 6.20. The molecule has 0 saturated carbocycles. The highest BCUT2D eigenvalue weighted by Crippen LogP contribution is 2.24. The zero-order valence-electron chi connectivity index (χ0n) is 17.2. The molecule has 1 aromatic heterocycles. The van der Waals surface area contributed by atoms with Gasteiger partial charge in [-0.05, 0) is 61.2 Å². The SMILES string of the molecule is CCc1cccc(CC)c1NC(=O)c1cc(C)nc(Nc2ccc(OC)cc2)n1. The summed E-state index contributed by atoms with van der Waals surface area (Å²) in [6.07, 6.45) is 1.69. The zero-order chi connectivity index (χ0) is 20.8. The molecular weight excluding hydrogens is 364 g/mol. The molecule has 29 heavy (non-hydrogen) atoms. The number of amides is 1. The van der Waals surface area contributed by atoms with Crippen LogP contribution < -0.4 is 15.4 Å². The summed E-state index contributed by atoms with van der Waals surface area (Å²) in [4.78, 5) is 21.8. The van der Waals surface area contributed by atoms with Crippen LogP contribution in [0.2, 0.25) is 0 Å². The zero-order valence-corrected chi connectivity index (χ0v) is 17.2. The molecule has 0 bridgehead atoms. The lowest BCUT2D eigenvalue weighted by Gasteiger charge is -2.15. The van der Waals surface area contributed by atoms with Crippen molar-refractivity contribution in [2.75, 3.05) is 17.7 Å². The molecule has 1 heterocycles. The molecular formula is C23H26N4O2. The monoisotopic (exact) mass is 390 g/mol. The molecule has 2 aromatic carbocycles. The van der Waals surface area contributed by atoms with Crippen molar-refractivity contribution in [1.29, 1.82) is 0 Å². The summed E-state index contributed by atoms with van der Waals surface area (Å²) in [5.41, 5.74) is 4.94. The number of rotatable bonds is 7. The second-order valence-corrected chi connectivity index (χ2v) is 6.68. The number of aromatic nitrogens is 2. The first-order chi connectivity index (χ1) is 14.0. The number of ether oxygens (including phenoxy) is 1. The molecule has 150 valence electrons. The Bertz CT molecular complexity index is 978. The van der Waals surface area contributed by atoms with Gasteiger partial charge in [0.05, 0.1) is 7.11 Å². The summed E-state index contributed by atoms with van der Waals surface area (Å²) in [5.74, 6) is 0.894. The fraction of sp³-hybridized carbons (Fsp3) is 0.261. The number of hydrogen-bond donors (Lipinski definition) is 2. The molecule has 6 heteroatoms. The number of hydrogen-bond acceptors (Lipinski definition) is 5. The number of nitrogens with one attached hydrogen (secondary N) is 2. The molecule has 0 aliphatic carbocycles. The molecule has 0 fully saturated rings. The average molecular weight is 390 g/mol. The lowest BCUT2D eigenvalue weighted by Crippen LogP contribution is -2.17. The van der Waals surface area contributed by atoms with Crippen molar-refractivity contribution in [3.05, 3.63) is 71.0 Å². The van der Waals surface area contributed by atoms with Gasteiger partial charge in [-0.25, -0.2) is 9.97 Å². The molecule has 0 aliphatic rings. The molecule has 0 atom stereocenters. The molecule has 3 rings (SSSR count). The third-order valence-corrected chi connectivity index (χ3v) is 4.67. The topological polar surface area (TPSA) is 76.1 Å². The number of para-hydroxylation sites is 1. The van der Waals surface area contributed by atoms with E-state index in [9.17, 15) is 4.79 Å². The molecule has 3 aromatic rings. The molecule has 6 nitrogen and oxygen atoms in total. The van der Waals surface area contributed by atoms with Crippen LogP contribution in [0.5, 0.6) is 5.75 Å². The molecule has 0 radical (unpaired) electrons. The number of nitrogens with zero attached hydrogens (tertiary/aromatic N) is 2. The van der Waals surface area contributed by atoms with Gasteiger partial charge in [0.2, 0.25) is 5.95 Å². The predicted molar refractivity (Wildman–Crippen MR) is 116 cm³/mol. The van der Waals surface area contributed by atoms with Crippen LogP contribution in [0.3, 0.4) is 0 Å². The van der Waals surface area contributed by atoms with Gasteiger partial charge in [-0.15, -0.1) is 0 Å². The average Bonchev–Trinajstić information content (AvgIpc) is 2.74. The summed E-state index contributed by atoms with van der Waals surface area (Å²) in [6, 6.07) is 15.2. The van der Waals surface area contributed by atoms with E-state index >= 15 is 0 Å². The van der Waals surface area contributed by atoms with Crippen molar-refractivity contribution in [1.82, 2.24) is 9.97 Å². The second-order valence-electron chi connectivity index (χ2n) is 6.68. The normalized spacial score (nSPS) is 10.5. The Labute approximate surface area is 171 Å². The molecule has 2 N–H and O–H groups in total. The fourth-order valence-corrected chi connectivity index (χ4v) is 3.12. The quantitative estimate of drug-likeness (QED) is 0.599. The van der Waals surface area contributed by atoms with E-state index in [0.29, 0.717) is 17.3 Å². The Balaban J connectivity index is 1.85. The number of carbonyl (C=O) groups excluding carboxylic acids is 1. The van der Waals surface area contributed by atoms with E-state index in [4.69, 9.17) is 4.74 Å². The summed E-state index contributed by atoms with van der Waals surface area (Å²) < 4.78 is 5.17. The number of aryl methyl sites for hydroxylation is 3. The smallest absolute Gasteiger partial charge is 0.274 e. The van der Waals surface area contributed by atoms with Crippen molar-refractivity contribution in [3.63, 3.8) is 0 Å². The standard InChI is InChI=1S/C23H26N4O2/c1-5-16-8-7-9-17(6-2)21(16)27-22(28)20-14-15(3)24-23(26-20)25-18-10-12-19(29-4)13-11-18/h7-14H,5-6H2,1-4H3,(H,27,28)(H,24,25,26). The van der Waals surface area contributed by atoms with Gasteiger partial charge in [0.25, 0.3) is 5.91 Å². The van der Waals surface area contributed by atoms with E-state index in [1.54, 1.807) is 13.2 Å². The molecule has 0 aliphatic heterocycles. The Hall–Kier alpha value is -3.41. The van der Waals surface area contributed by atoms with Crippen molar-refractivity contribution >= 4 is 23.2 Å². The Morgan fingerprint density at radius 1 is 1.00 bits per heavy atom. The molecule has 1 amide bonds. The first kappa shape index (κ1) is 20.3. The van der Waals surface area contributed by atoms with Gasteiger partial charge in [0.15, 0.2) is 0 Å². The third-order valence-electron chi connectivity index (χ3n) is 4.67. The van der Waals surface area contributed by atoms with Gasteiger partial charge in [-0.1, -0.05) is 32.0 Å². The Morgan fingerprint density at radius 2 is 1.66 bits per heavy atom. The van der Waals surface area contributed by atoms with Crippen molar-refractivity contribution in [3.8, 4) is 5.75 Å². The maximum atomic E-state index is 12.9. The number of anilines is 3. The summed E-state index contributed by atoms with van der Waals surface area (Å²) in [7, 11) is 1.62. The predicted octanol–water partition coefficient (Wildman–Crippen LogP) is 4.91. The van der Waals surface area contributed by atoms with Crippen LogP contribution in [0.4, 0.5) is 17.3 Å². The van der Waals surface area contributed by atoms with E-state index in [-0.39, 0.29) is 5.91 Å². The minimum Gasteiger partial charge on any atom is -0.497 e. The van der Waals surface area contributed by atoms with E-state index in [0.717, 1.165) is 41.1 Å². The van der Waals surface area contributed by atoms with Gasteiger partial charge in [-0.2, -0.15) is 0 Å². The van der Waals surface area contributed by atoms with Crippen LogP contribution in [0.15, 0.2) is 48.5 Å². The molecule has 0 unspecified atom stereocenters. The fourth-order valence-electron chi connectivity index (χ4n) is 3.12. The highest BCUT2D eigenvalue weighted by molar-refractivity contribution is 6.04. The maximum Gasteiger partial charge on any atom is 0.274 e. The first-order valence-corrected chi connectivity index (χ1v) is 9.72. The minimum absolute atomic E-state index is 0.246. The van der Waals surface area contributed by atoms with Crippen molar-refractivity contribution < 1.29 is 9.53 Å². The van der Waals surface area contributed by atoms with Crippen LogP contribution in [0.1, 0.15) is 41.2 Å². The van der Waals surface area contributed by atoms with Gasteiger partial charge in [0, 0.05) is 17.1 Å². The Morgan fingerprint density at radius 3 is 2.24 bits per heavy atom. The highest BCUT2D eigenvalue weighted by atomic mass is 16.5. The van der Waals surface area contributed by atoms with E-state index in [1.807, 2.05) is 49.4 Å². The summed E-state index contributed by atoms with van der Waals surface area (Å²) >= 11 is 0. The maximum absolute atomic E-state index is 12.9. The first-order valence-electron chi connectivity index (χ1n) is 9.72. The lowest BCUT2D eigenvalue weighted by atomic mass is 10.0. The number of methoxy groups -OCH3 is 1. The van der Waals surface area contributed by atoms with Crippen LogP contribution in [-0.4, -0.2) is 23.0 Å². The van der Waals surface area contributed by atoms with Crippen LogP contribution in [-0.2, 0) is 12.8 Å². The number of carbonyl (C=O) groups is 1. The van der Waals surface area contributed by atoms with Crippen molar-refractivity contribution in [2.45, 2.75) is 33.6 Å². The van der Waals surface area contributed by atoms with Crippen LogP contribution in [0, 0.1) is 6.92 Å². The summed E-state index contributed by atoms with van der Waals surface area (Å²) in [6.45, 7) is 6.00. The molecule has 0 saturated heterocycles. The van der Waals surface area contributed by atoms with Crippen LogP contribution in [0.25, 0.3) is 0 Å². The largest absolute Gasteiger partial charge is 0.497 e. The van der Waals surface area contributed by atoms with Gasteiger partial charge >= 0.3 is 0 Å². The van der Waals surface area contributed by atoms with Gasteiger partial charge < -0.3 is 15.4 Å². The minimum atomic E-state index is -0.246. The Kier molecular flexibility index (Phi) is 6.44. The second kappa shape index (κ2) is 9.19. The van der Waals surface area contributed by atoms with E-state index in [2.05, 4.69) is 34.4 Å². The highest BCUT2D eigenvalue weighted by Gasteiger charge is 2.15. The van der Waals surface area contributed by atoms with Crippen molar-refractivity contribution in [2.24, 2.45) is 0 Å². The third kappa shape index (κ3) is 4.90. The lowest BCUT2D eigenvalue weighted by molar-refractivity contribution is 0.102. The van der Waals surface area contributed by atoms with Gasteiger partial charge in [0.1, 0.15) is 11.4 Å². The van der Waals surface area contributed by atoms with Gasteiger partial charge in [-0.3, -0.25) is 4.79 Å². The van der Waals surface area contributed by atoms with Crippen LogP contribution >= 0.6 is 0 Å². The number of benzene rings is 2. The molecule has 0 spiro atoms.